The first-order valence-electron chi connectivity index (χ1n) is 8.04. The smallest absolute Gasteiger partial charge is 0.313 e. The van der Waals surface area contributed by atoms with Gasteiger partial charge in [-0.3, -0.25) is 9.69 Å². The van der Waals surface area contributed by atoms with Crippen molar-refractivity contribution in [2.24, 2.45) is 5.41 Å². The second-order valence-electron chi connectivity index (χ2n) is 6.20. The van der Waals surface area contributed by atoms with Gasteiger partial charge in [-0.05, 0) is 30.5 Å². The summed E-state index contributed by atoms with van der Waals surface area (Å²) in [6.45, 7) is 3.58. The molecule has 0 saturated carbocycles. The molecule has 2 atom stereocenters. The molecule has 4 nitrogen and oxygen atoms in total. The second-order valence-corrected chi connectivity index (χ2v) is 6.20. The monoisotopic (exact) mass is 321 g/mol. The molecule has 1 aromatic carbocycles. The highest BCUT2D eigenvalue weighted by Gasteiger charge is 2.48. The number of hydrogen-bond donors (Lipinski definition) is 2. The third kappa shape index (κ3) is 4.18. The zero-order chi connectivity index (χ0) is 16.9. The van der Waals surface area contributed by atoms with Gasteiger partial charge in [0.1, 0.15) is 11.2 Å². The molecule has 5 heteroatoms. The molecule has 1 saturated heterocycles. The molecule has 0 bridgehead atoms. The number of halogens is 1. The molecular formula is C18H24FNO3. The average molecular weight is 321 g/mol. The number of benzene rings is 1. The highest BCUT2D eigenvalue weighted by molar-refractivity contribution is 5.76. The second kappa shape index (κ2) is 7.70. The molecule has 1 aliphatic heterocycles. The van der Waals surface area contributed by atoms with Crippen molar-refractivity contribution in [2.45, 2.75) is 32.3 Å². The van der Waals surface area contributed by atoms with Crippen LogP contribution in [0, 0.1) is 11.2 Å². The maximum Gasteiger partial charge on any atom is 0.313 e. The van der Waals surface area contributed by atoms with Gasteiger partial charge in [-0.25, -0.2) is 4.39 Å². The Labute approximate surface area is 136 Å². The van der Waals surface area contributed by atoms with Gasteiger partial charge in [0.25, 0.3) is 0 Å². The van der Waals surface area contributed by atoms with E-state index in [9.17, 15) is 19.4 Å². The van der Waals surface area contributed by atoms with Crippen molar-refractivity contribution in [1.29, 1.82) is 0 Å². The van der Waals surface area contributed by atoms with Crippen molar-refractivity contribution in [1.82, 2.24) is 4.90 Å². The van der Waals surface area contributed by atoms with E-state index in [4.69, 9.17) is 0 Å². The van der Waals surface area contributed by atoms with Gasteiger partial charge in [0.15, 0.2) is 0 Å². The number of carbonyl (C=O) groups is 1. The Morgan fingerprint density at radius 1 is 1.43 bits per heavy atom. The highest BCUT2D eigenvalue weighted by Crippen LogP contribution is 2.35. The summed E-state index contributed by atoms with van der Waals surface area (Å²) in [5, 5.41) is 19.8. The molecule has 0 radical (unpaired) electrons. The van der Waals surface area contributed by atoms with Crippen LogP contribution in [0.2, 0.25) is 0 Å². The SMILES string of the molecule is CCC[C@@]1(C(=O)O)CN(CC=Cc2ccc(F)cc2)CC[C@H]1O. The molecule has 23 heavy (non-hydrogen) atoms. The van der Waals surface area contributed by atoms with Crippen LogP contribution >= 0.6 is 0 Å². The predicted octanol–water partition coefficient (Wildman–Crippen LogP) is 2.78. The Hall–Kier alpha value is -1.72. The molecule has 126 valence electrons. The lowest BCUT2D eigenvalue weighted by Gasteiger charge is -2.43. The van der Waals surface area contributed by atoms with Crippen LogP contribution < -0.4 is 0 Å². The fraction of sp³-hybridized carbons (Fsp3) is 0.500. The van der Waals surface area contributed by atoms with Gasteiger partial charge in [0.05, 0.1) is 6.10 Å². The van der Waals surface area contributed by atoms with E-state index in [2.05, 4.69) is 4.90 Å². The third-order valence-corrected chi connectivity index (χ3v) is 4.53. The normalized spacial score (nSPS) is 25.8. The van der Waals surface area contributed by atoms with E-state index < -0.39 is 17.5 Å². The molecule has 0 aromatic heterocycles. The first kappa shape index (κ1) is 17.6. The largest absolute Gasteiger partial charge is 0.481 e. The van der Waals surface area contributed by atoms with Gasteiger partial charge in [-0.1, -0.05) is 37.6 Å². The molecule has 1 heterocycles. The van der Waals surface area contributed by atoms with Crippen molar-refractivity contribution in [3.8, 4) is 0 Å². The van der Waals surface area contributed by atoms with Crippen LogP contribution in [0.25, 0.3) is 6.08 Å². The van der Waals surface area contributed by atoms with E-state index in [1.807, 2.05) is 19.1 Å². The van der Waals surface area contributed by atoms with Crippen LogP contribution in [0.3, 0.4) is 0 Å². The molecule has 0 unspecified atom stereocenters. The fourth-order valence-corrected chi connectivity index (χ4v) is 3.24. The number of likely N-dealkylation sites (tertiary alicyclic amines) is 1. The summed E-state index contributed by atoms with van der Waals surface area (Å²) in [4.78, 5) is 13.8. The van der Waals surface area contributed by atoms with Crippen molar-refractivity contribution in [2.75, 3.05) is 19.6 Å². The van der Waals surface area contributed by atoms with Crippen LogP contribution in [-0.2, 0) is 4.79 Å². The Kier molecular flexibility index (Phi) is 5.91. The van der Waals surface area contributed by atoms with Gasteiger partial charge in [-0.15, -0.1) is 0 Å². The number of carboxylic acids is 1. The average Bonchev–Trinajstić information content (AvgIpc) is 2.52. The lowest BCUT2D eigenvalue weighted by atomic mass is 9.74. The topological polar surface area (TPSA) is 60.8 Å². The Morgan fingerprint density at radius 2 is 2.13 bits per heavy atom. The molecule has 0 aliphatic carbocycles. The summed E-state index contributed by atoms with van der Waals surface area (Å²) in [5.74, 6) is -1.18. The van der Waals surface area contributed by atoms with Gasteiger partial charge >= 0.3 is 5.97 Å². The molecular weight excluding hydrogens is 297 g/mol. The maximum absolute atomic E-state index is 12.9. The summed E-state index contributed by atoms with van der Waals surface area (Å²) >= 11 is 0. The molecule has 2 N–H and O–H groups in total. The zero-order valence-electron chi connectivity index (χ0n) is 13.4. The number of piperidine rings is 1. The van der Waals surface area contributed by atoms with Crippen molar-refractivity contribution in [3.63, 3.8) is 0 Å². The minimum absolute atomic E-state index is 0.266. The van der Waals surface area contributed by atoms with Gasteiger partial charge in [0, 0.05) is 19.6 Å². The summed E-state index contributed by atoms with van der Waals surface area (Å²) in [7, 11) is 0. The maximum atomic E-state index is 12.9. The Bertz CT molecular complexity index is 558. The summed E-state index contributed by atoms with van der Waals surface area (Å²) in [6, 6.07) is 6.22. The predicted molar refractivity (Wildman–Crippen MR) is 87.5 cm³/mol. The minimum Gasteiger partial charge on any atom is -0.481 e. The summed E-state index contributed by atoms with van der Waals surface area (Å²) < 4.78 is 12.9. The van der Waals surface area contributed by atoms with Crippen LogP contribution in [-0.4, -0.2) is 46.8 Å². The van der Waals surface area contributed by atoms with Gasteiger partial charge in [0.2, 0.25) is 0 Å². The van der Waals surface area contributed by atoms with Crippen LogP contribution in [0.4, 0.5) is 4.39 Å². The number of carboxylic acid groups (broad SMARTS) is 1. The standard InChI is InChI=1S/C18H24FNO3/c1-2-10-18(17(22)23)13-20(12-9-16(18)21)11-3-4-14-5-7-15(19)8-6-14/h3-8,16,21H,2,9-13H2,1H3,(H,22,23)/t16-,18-/m1/s1. The van der Waals surface area contributed by atoms with Crippen molar-refractivity contribution in [3.05, 3.63) is 41.7 Å². The minimum atomic E-state index is -1.07. The molecule has 1 aliphatic rings. The van der Waals surface area contributed by atoms with E-state index in [1.165, 1.54) is 12.1 Å². The molecule has 1 aromatic rings. The van der Waals surface area contributed by atoms with E-state index in [1.54, 1.807) is 12.1 Å². The van der Waals surface area contributed by atoms with Crippen molar-refractivity contribution >= 4 is 12.0 Å². The number of hydrogen-bond acceptors (Lipinski definition) is 3. The van der Waals surface area contributed by atoms with E-state index in [-0.39, 0.29) is 5.82 Å². The van der Waals surface area contributed by atoms with Crippen LogP contribution in [0.5, 0.6) is 0 Å². The first-order valence-corrected chi connectivity index (χ1v) is 8.04. The number of aliphatic carboxylic acids is 1. The van der Waals surface area contributed by atoms with Gasteiger partial charge in [-0.2, -0.15) is 0 Å². The van der Waals surface area contributed by atoms with Crippen LogP contribution in [0.1, 0.15) is 31.7 Å². The Morgan fingerprint density at radius 3 is 2.74 bits per heavy atom. The fourth-order valence-electron chi connectivity index (χ4n) is 3.24. The van der Waals surface area contributed by atoms with E-state index >= 15 is 0 Å². The van der Waals surface area contributed by atoms with Gasteiger partial charge < -0.3 is 10.2 Å². The third-order valence-electron chi connectivity index (χ3n) is 4.53. The summed E-state index contributed by atoms with van der Waals surface area (Å²) in [5.41, 5.74) is -0.169. The first-order chi connectivity index (χ1) is 11.0. The molecule has 0 spiro atoms. The number of aliphatic hydroxyl groups is 1. The number of aliphatic hydroxyl groups excluding tert-OH is 1. The summed E-state index contributed by atoms with van der Waals surface area (Å²) in [6.07, 6.45) is 4.72. The quantitative estimate of drug-likeness (QED) is 0.846. The lowest BCUT2D eigenvalue weighted by molar-refractivity contribution is -0.164. The van der Waals surface area contributed by atoms with Crippen molar-refractivity contribution < 1.29 is 19.4 Å². The molecule has 2 rings (SSSR count). The molecule has 1 fully saturated rings. The van der Waals surface area contributed by atoms with E-state index in [0.29, 0.717) is 32.5 Å². The number of rotatable bonds is 6. The molecule has 0 amide bonds. The van der Waals surface area contributed by atoms with E-state index in [0.717, 1.165) is 12.0 Å². The zero-order valence-corrected chi connectivity index (χ0v) is 13.4. The van der Waals surface area contributed by atoms with Crippen LogP contribution in [0.15, 0.2) is 30.3 Å². The lowest BCUT2D eigenvalue weighted by Crippen LogP contribution is -2.55. The highest BCUT2D eigenvalue weighted by atomic mass is 19.1. The number of nitrogens with zero attached hydrogens (tertiary/aromatic N) is 1. The Balaban J connectivity index is 2.00.